The van der Waals surface area contributed by atoms with Crippen molar-refractivity contribution in [2.24, 2.45) is 0 Å². The molecule has 2 aliphatic rings. The molecular formula is C16H23N5O15S2. The maximum Gasteiger partial charge on any atom is 0.397 e. The first-order valence-corrected chi connectivity index (χ1v) is 13.3. The van der Waals surface area contributed by atoms with E-state index in [0.717, 1.165) is 10.9 Å². The first kappa shape index (κ1) is 28.7. The van der Waals surface area contributed by atoms with E-state index in [0.29, 0.717) is 0 Å². The van der Waals surface area contributed by atoms with E-state index in [4.69, 9.17) is 28.7 Å². The molecule has 0 aliphatic carbocycles. The van der Waals surface area contributed by atoms with Gasteiger partial charge in [0.1, 0.15) is 30.5 Å². The van der Waals surface area contributed by atoms with Crippen molar-refractivity contribution in [3.8, 4) is 0 Å². The van der Waals surface area contributed by atoms with Gasteiger partial charge in [-0.1, -0.05) is 0 Å². The number of anilines is 1. The monoisotopic (exact) mass is 589 g/mol. The highest BCUT2D eigenvalue weighted by Crippen LogP contribution is 2.38. The second-order valence-corrected chi connectivity index (χ2v) is 10.5. The summed E-state index contributed by atoms with van der Waals surface area (Å²) in [4.78, 5) is 22.1. The molecule has 2 aliphatic heterocycles. The van der Waals surface area contributed by atoms with E-state index in [9.17, 15) is 41.5 Å². The molecule has 4 rings (SSSR count). The average molecular weight is 590 g/mol. The molecule has 38 heavy (non-hydrogen) atoms. The van der Waals surface area contributed by atoms with Gasteiger partial charge in [0.25, 0.3) is 5.56 Å². The fourth-order valence-electron chi connectivity index (χ4n) is 4.04. The van der Waals surface area contributed by atoms with Crippen molar-refractivity contribution in [2.75, 3.05) is 12.3 Å². The molecule has 0 spiro atoms. The number of nitrogen functional groups attached to an aromatic ring is 1. The molecule has 2 saturated heterocycles. The lowest BCUT2D eigenvalue weighted by atomic mass is 10.00. The summed E-state index contributed by atoms with van der Waals surface area (Å²) >= 11 is 0. The second-order valence-electron chi connectivity index (χ2n) is 8.32. The molecule has 0 amide bonds. The molecule has 8 N–H and O–H groups in total. The van der Waals surface area contributed by atoms with Crippen LogP contribution in [-0.2, 0) is 43.4 Å². The van der Waals surface area contributed by atoms with Crippen LogP contribution in [0.5, 0.6) is 0 Å². The fourth-order valence-corrected chi connectivity index (χ4v) is 4.83. The predicted molar refractivity (Wildman–Crippen MR) is 118 cm³/mol. The Morgan fingerprint density at radius 1 is 1.08 bits per heavy atom. The van der Waals surface area contributed by atoms with E-state index in [1.807, 2.05) is 0 Å². The highest BCUT2D eigenvalue weighted by atomic mass is 32.3. The van der Waals surface area contributed by atoms with Gasteiger partial charge in [0, 0.05) is 0 Å². The number of nitrogens with one attached hydrogen (secondary N) is 1. The fraction of sp³-hybridized carbons (Fsp3) is 0.688. The number of imidazole rings is 1. The number of aromatic nitrogens is 4. The third-order valence-electron chi connectivity index (χ3n) is 5.72. The van der Waals surface area contributed by atoms with Crippen molar-refractivity contribution >= 4 is 37.9 Å². The molecule has 0 unspecified atom stereocenters. The van der Waals surface area contributed by atoms with Gasteiger partial charge in [-0.05, 0) is 6.92 Å². The highest BCUT2D eigenvalue weighted by molar-refractivity contribution is 7.81. The zero-order valence-corrected chi connectivity index (χ0v) is 20.7. The Morgan fingerprint density at radius 2 is 1.76 bits per heavy atom. The maximum absolute atomic E-state index is 12.2. The van der Waals surface area contributed by atoms with Gasteiger partial charge in [-0.2, -0.15) is 21.8 Å². The van der Waals surface area contributed by atoms with Crippen molar-refractivity contribution in [2.45, 2.75) is 62.2 Å². The summed E-state index contributed by atoms with van der Waals surface area (Å²) in [5, 5.41) is 30.4. The lowest BCUT2D eigenvalue weighted by Crippen LogP contribution is -2.59. The lowest BCUT2D eigenvalue weighted by molar-refractivity contribution is -0.310. The van der Waals surface area contributed by atoms with Crippen LogP contribution >= 0.6 is 0 Å². The van der Waals surface area contributed by atoms with Gasteiger partial charge in [0.2, 0.25) is 5.95 Å². The van der Waals surface area contributed by atoms with Crippen LogP contribution in [0.25, 0.3) is 11.2 Å². The molecule has 2 aromatic rings. The minimum absolute atomic E-state index is 0.253. The number of nitrogens with two attached hydrogens (primary N) is 1. The molecule has 2 fully saturated rings. The van der Waals surface area contributed by atoms with Gasteiger partial charge in [-0.15, -0.1) is 0 Å². The van der Waals surface area contributed by atoms with Gasteiger partial charge in [0.05, 0.1) is 19.0 Å². The Bertz CT molecular complexity index is 1440. The molecule has 22 heteroatoms. The molecule has 20 nitrogen and oxygen atoms in total. The van der Waals surface area contributed by atoms with Crippen molar-refractivity contribution in [1.82, 2.24) is 19.5 Å². The van der Waals surface area contributed by atoms with Gasteiger partial charge in [0.15, 0.2) is 29.8 Å². The van der Waals surface area contributed by atoms with Crippen LogP contribution in [0.15, 0.2) is 11.1 Å². The smallest absolute Gasteiger partial charge is 0.388 e. The number of nitrogens with zero attached hydrogens (tertiary/aromatic N) is 3. The number of ether oxygens (including phenoxy) is 3. The Kier molecular flexibility index (Phi) is 7.78. The van der Waals surface area contributed by atoms with Crippen LogP contribution in [0.3, 0.4) is 0 Å². The van der Waals surface area contributed by atoms with Crippen LogP contribution in [0.2, 0.25) is 0 Å². The minimum atomic E-state index is -5.29. The van der Waals surface area contributed by atoms with Crippen molar-refractivity contribution in [3.63, 3.8) is 0 Å². The van der Waals surface area contributed by atoms with Crippen molar-refractivity contribution in [3.05, 3.63) is 16.7 Å². The number of fused-ring (bicyclic) bond motifs is 1. The van der Waals surface area contributed by atoms with E-state index in [1.54, 1.807) is 0 Å². The molecule has 2 aromatic heterocycles. The number of hydrogen-bond acceptors (Lipinski definition) is 16. The summed E-state index contributed by atoms with van der Waals surface area (Å²) in [6.45, 7) is 0.290. The number of H-pyrrole nitrogens is 1. The SMILES string of the molecule is C[C@H]1O[C@@H](O[C@H]2[C@@H](OS(=O)(=O)O)[C@H](n3cnc4c(=O)[nH]c(N)nc43)O[C@@H]2COS(=O)(=O)O)[C@H](O)[C@@H](O)[C@H]1O. The normalized spacial score (nSPS) is 34.6. The highest BCUT2D eigenvalue weighted by Gasteiger charge is 2.53. The van der Waals surface area contributed by atoms with E-state index in [2.05, 4.69) is 19.1 Å². The third kappa shape index (κ3) is 5.95. The lowest BCUT2D eigenvalue weighted by Gasteiger charge is -2.40. The Balaban J connectivity index is 1.77. The molecule has 4 heterocycles. The molecule has 0 aromatic carbocycles. The summed E-state index contributed by atoms with van der Waals surface area (Å²) in [6, 6.07) is 0. The number of aliphatic hydroxyl groups is 3. The summed E-state index contributed by atoms with van der Waals surface area (Å²) in [5.41, 5.74) is 4.26. The van der Waals surface area contributed by atoms with Crippen LogP contribution < -0.4 is 11.3 Å². The summed E-state index contributed by atoms with van der Waals surface area (Å²) in [6.07, 6.45) is -14.3. The quantitative estimate of drug-likeness (QED) is 0.144. The molecule has 0 saturated carbocycles. The summed E-state index contributed by atoms with van der Waals surface area (Å²) < 4.78 is 91.0. The predicted octanol–water partition coefficient (Wildman–Crippen LogP) is -4.18. The molecule has 214 valence electrons. The second kappa shape index (κ2) is 10.3. The largest absolute Gasteiger partial charge is 0.397 e. The molecule has 0 bridgehead atoms. The van der Waals surface area contributed by atoms with Crippen LogP contribution in [0.1, 0.15) is 13.2 Å². The minimum Gasteiger partial charge on any atom is -0.388 e. The van der Waals surface area contributed by atoms with Crippen molar-refractivity contribution in [1.29, 1.82) is 0 Å². The topological polar surface area (TPSA) is 305 Å². The number of aliphatic hydroxyl groups excluding tert-OH is 3. The summed E-state index contributed by atoms with van der Waals surface area (Å²) in [7, 11) is -10.4. The van der Waals surface area contributed by atoms with Crippen LogP contribution in [0.4, 0.5) is 5.95 Å². The third-order valence-corrected chi connectivity index (χ3v) is 6.62. The summed E-state index contributed by atoms with van der Waals surface area (Å²) in [5.74, 6) is -0.367. The first-order chi connectivity index (χ1) is 17.6. The van der Waals surface area contributed by atoms with Crippen LogP contribution in [0, 0.1) is 0 Å². The Labute approximate surface area is 212 Å². The Hall–Kier alpha value is -2.35. The van der Waals surface area contributed by atoms with Gasteiger partial charge in [-0.3, -0.25) is 23.5 Å². The van der Waals surface area contributed by atoms with E-state index in [1.165, 1.54) is 6.92 Å². The standard InChI is InChI=1S/C16H23N5O15S2/c1-4-7(22)8(23)9(24)15(33-4)35-10-5(2-32-37(26,27)28)34-14(11(10)36-38(29,30)31)21-3-18-6-12(21)19-16(17)20-13(6)25/h3-5,7-11,14-15,22-24H,2H2,1H3,(H,26,27,28)(H,29,30,31)(H3,17,19,20,25)/t4-,5-,7+,8+,9-,10-,11-,14-,15+/m1/s1. The first-order valence-electron chi connectivity index (χ1n) is 10.6. The van der Waals surface area contributed by atoms with Gasteiger partial charge < -0.3 is 35.3 Å². The van der Waals surface area contributed by atoms with E-state index < -0.39 is 88.2 Å². The Morgan fingerprint density at radius 3 is 2.39 bits per heavy atom. The molecule has 0 radical (unpaired) electrons. The van der Waals surface area contributed by atoms with Crippen LogP contribution in [-0.4, -0.2) is 116 Å². The van der Waals surface area contributed by atoms with Gasteiger partial charge in [-0.25, -0.2) is 13.4 Å². The number of hydrogen-bond donors (Lipinski definition) is 7. The van der Waals surface area contributed by atoms with E-state index >= 15 is 0 Å². The van der Waals surface area contributed by atoms with Crippen molar-refractivity contribution < 1.29 is 63.8 Å². The zero-order valence-electron chi connectivity index (χ0n) is 19.0. The van der Waals surface area contributed by atoms with Gasteiger partial charge >= 0.3 is 20.8 Å². The number of aromatic amines is 1. The maximum atomic E-state index is 12.2. The number of rotatable bonds is 8. The zero-order chi connectivity index (χ0) is 28.2. The van der Waals surface area contributed by atoms with E-state index in [-0.39, 0.29) is 17.1 Å². The average Bonchev–Trinajstić information content (AvgIpc) is 3.34. The molecular weight excluding hydrogens is 566 g/mol. The molecule has 9 atom stereocenters.